The number of nitrogens with zero attached hydrogens (tertiary/aromatic N) is 2. The molecule has 1 aromatic heterocycles. The Kier molecular flexibility index (Phi) is 4.32. The van der Waals surface area contributed by atoms with Gasteiger partial charge in [0.1, 0.15) is 11.0 Å². The summed E-state index contributed by atoms with van der Waals surface area (Å²) in [7, 11) is 0. The van der Waals surface area contributed by atoms with E-state index in [0.29, 0.717) is 11.6 Å². The number of rotatable bonds is 3. The van der Waals surface area contributed by atoms with Gasteiger partial charge in [0, 0.05) is 22.5 Å². The van der Waals surface area contributed by atoms with Gasteiger partial charge in [0.2, 0.25) is 0 Å². The van der Waals surface area contributed by atoms with Gasteiger partial charge >= 0.3 is 0 Å². The normalized spacial score (nSPS) is 10.6. The molecule has 4 heteroatoms. The van der Waals surface area contributed by atoms with Crippen LogP contribution in [0.1, 0.15) is 11.4 Å². The van der Waals surface area contributed by atoms with E-state index < -0.39 is 0 Å². The summed E-state index contributed by atoms with van der Waals surface area (Å²) in [4.78, 5) is 8.94. The first-order chi connectivity index (χ1) is 10.2. The summed E-state index contributed by atoms with van der Waals surface area (Å²) in [5, 5.41) is 0.467. The van der Waals surface area contributed by atoms with Gasteiger partial charge in [-0.15, -0.1) is 0 Å². The summed E-state index contributed by atoms with van der Waals surface area (Å²) in [6.07, 6.45) is 0.672. The number of aromatic nitrogens is 2. The van der Waals surface area contributed by atoms with Crippen molar-refractivity contribution < 1.29 is 0 Å². The van der Waals surface area contributed by atoms with Gasteiger partial charge in [-0.1, -0.05) is 70.0 Å². The molecule has 3 rings (SSSR count). The number of benzene rings is 2. The number of hydrogen-bond donors (Lipinski definition) is 0. The summed E-state index contributed by atoms with van der Waals surface area (Å²) in [6.45, 7) is 0. The summed E-state index contributed by atoms with van der Waals surface area (Å²) < 4.78 is 1.04. The van der Waals surface area contributed by atoms with Crippen LogP contribution in [0.15, 0.2) is 65.1 Å². The molecule has 0 unspecified atom stereocenters. The molecule has 3 aromatic rings. The summed E-state index contributed by atoms with van der Waals surface area (Å²) >= 11 is 9.57. The molecule has 0 fully saturated rings. The van der Waals surface area contributed by atoms with E-state index in [-0.39, 0.29) is 0 Å². The molecule has 0 spiro atoms. The van der Waals surface area contributed by atoms with Crippen LogP contribution in [0.4, 0.5) is 0 Å². The van der Waals surface area contributed by atoms with Crippen molar-refractivity contribution in [3.8, 4) is 11.3 Å². The molecule has 21 heavy (non-hydrogen) atoms. The molecule has 0 saturated carbocycles. The Morgan fingerprint density at radius 1 is 0.905 bits per heavy atom. The third-order valence-corrected chi connectivity index (χ3v) is 3.81. The molecule has 0 amide bonds. The Hall–Kier alpha value is -1.71. The molecule has 0 saturated heterocycles. The highest BCUT2D eigenvalue weighted by molar-refractivity contribution is 9.10. The third kappa shape index (κ3) is 3.69. The van der Waals surface area contributed by atoms with Gasteiger partial charge in [-0.2, -0.15) is 0 Å². The van der Waals surface area contributed by atoms with Gasteiger partial charge in [0.25, 0.3) is 0 Å². The molecule has 0 aliphatic carbocycles. The van der Waals surface area contributed by atoms with Gasteiger partial charge in [0.15, 0.2) is 0 Å². The van der Waals surface area contributed by atoms with Crippen LogP contribution in [0.3, 0.4) is 0 Å². The Bertz CT molecular complexity index is 742. The van der Waals surface area contributed by atoms with Gasteiger partial charge < -0.3 is 0 Å². The van der Waals surface area contributed by atoms with Gasteiger partial charge in [-0.3, -0.25) is 0 Å². The second-order valence-corrected chi connectivity index (χ2v) is 5.96. The van der Waals surface area contributed by atoms with Crippen molar-refractivity contribution in [2.24, 2.45) is 0 Å². The lowest BCUT2D eigenvalue weighted by Gasteiger charge is -2.06. The van der Waals surface area contributed by atoms with E-state index in [1.165, 1.54) is 5.56 Å². The first kappa shape index (κ1) is 14.2. The van der Waals surface area contributed by atoms with Crippen molar-refractivity contribution in [2.45, 2.75) is 6.42 Å². The molecular weight excluding hydrogens is 348 g/mol. The summed E-state index contributed by atoms with van der Waals surface area (Å²) in [5.41, 5.74) is 3.03. The van der Waals surface area contributed by atoms with Crippen LogP contribution >= 0.6 is 27.5 Å². The quantitative estimate of drug-likeness (QED) is 0.604. The van der Waals surface area contributed by atoms with Crippen LogP contribution in [0.25, 0.3) is 11.3 Å². The zero-order chi connectivity index (χ0) is 14.7. The van der Waals surface area contributed by atoms with E-state index in [4.69, 9.17) is 11.6 Å². The molecule has 0 bridgehead atoms. The Morgan fingerprint density at radius 3 is 2.33 bits per heavy atom. The fourth-order valence-electron chi connectivity index (χ4n) is 2.09. The van der Waals surface area contributed by atoms with E-state index >= 15 is 0 Å². The van der Waals surface area contributed by atoms with E-state index in [1.54, 1.807) is 6.07 Å². The molecule has 1 heterocycles. The average Bonchev–Trinajstić information content (AvgIpc) is 2.48. The molecule has 0 aliphatic rings. The standard InChI is InChI=1S/C17H12BrClN2/c18-14-8-6-13(7-9-14)15-11-16(19)21-17(20-15)10-12-4-2-1-3-5-12/h1-9,11H,10H2. The monoisotopic (exact) mass is 358 g/mol. The molecule has 0 radical (unpaired) electrons. The average molecular weight is 360 g/mol. The van der Waals surface area contributed by atoms with Crippen LogP contribution in [0, 0.1) is 0 Å². The molecule has 0 atom stereocenters. The zero-order valence-corrected chi connectivity index (χ0v) is 13.5. The molecule has 0 N–H and O–H groups in total. The van der Waals surface area contributed by atoms with Crippen LogP contribution in [0.5, 0.6) is 0 Å². The fourth-order valence-corrected chi connectivity index (χ4v) is 2.56. The van der Waals surface area contributed by atoms with E-state index in [1.807, 2.05) is 42.5 Å². The van der Waals surface area contributed by atoms with Crippen LogP contribution in [-0.2, 0) is 6.42 Å². The maximum absolute atomic E-state index is 6.14. The molecule has 104 valence electrons. The Labute approximate surface area is 137 Å². The highest BCUT2D eigenvalue weighted by Crippen LogP contribution is 2.22. The van der Waals surface area contributed by atoms with Crippen LogP contribution in [0.2, 0.25) is 5.15 Å². The minimum atomic E-state index is 0.467. The maximum Gasteiger partial charge on any atom is 0.135 e. The second-order valence-electron chi connectivity index (χ2n) is 4.66. The first-order valence-corrected chi connectivity index (χ1v) is 7.71. The van der Waals surface area contributed by atoms with Crippen molar-refractivity contribution in [3.63, 3.8) is 0 Å². The van der Waals surface area contributed by atoms with Gasteiger partial charge in [-0.05, 0) is 17.7 Å². The topological polar surface area (TPSA) is 25.8 Å². The molecular formula is C17H12BrClN2. The van der Waals surface area contributed by atoms with E-state index in [9.17, 15) is 0 Å². The second kappa shape index (κ2) is 6.37. The number of halogens is 2. The number of hydrogen-bond acceptors (Lipinski definition) is 2. The van der Waals surface area contributed by atoms with E-state index in [0.717, 1.165) is 21.6 Å². The predicted octanol–water partition coefficient (Wildman–Crippen LogP) is 5.15. The first-order valence-electron chi connectivity index (χ1n) is 6.54. The smallest absolute Gasteiger partial charge is 0.135 e. The highest BCUT2D eigenvalue weighted by atomic mass is 79.9. The minimum absolute atomic E-state index is 0.467. The predicted molar refractivity (Wildman–Crippen MR) is 89.4 cm³/mol. The van der Waals surface area contributed by atoms with Crippen molar-refractivity contribution in [1.29, 1.82) is 0 Å². The lowest BCUT2D eigenvalue weighted by atomic mass is 10.1. The minimum Gasteiger partial charge on any atom is -0.232 e. The summed E-state index contributed by atoms with van der Waals surface area (Å²) in [5.74, 6) is 0.728. The van der Waals surface area contributed by atoms with Crippen LogP contribution in [-0.4, -0.2) is 9.97 Å². The molecule has 2 nitrogen and oxygen atoms in total. The zero-order valence-electron chi connectivity index (χ0n) is 11.1. The van der Waals surface area contributed by atoms with Crippen molar-refractivity contribution in [3.05, 3.63) is 81.7 Å². The van der Waals surface area contributed by atoms with Crippen molar-refractivity contribution >= 4 is 27.5 Å². The lowest BCUT2D eigenvalue weighted by Crippen LogP contribution is -1.98. The van der Waals surface area contributed by atoms with Crippen molar-refractivity contribution in [1.82, 2.24) is 9.97 Å². The largest absolute Gasteiger partial charge is 0.232 e. The van der Waals surface area contributed by atoms with Gasteiger partial charge in [0.05, 0.1) is 5.69 Å². The SMILES string of the molecule is Clc1cc(-c2ccc(Br)cc2)nc(Cc2ccccc2)n1. The third-order valence-electron chi connectivity index (χ3n) is 3.09. The Morgan fingerprint density at radius 2 is 1.62 bits per heavy atom. The van der Waals surface area contributed by atoms with E-state index in [2.05, 4.69) is 38.0 Å². The van der Waals surface area contributed by atoms with Gasteiger partial charge in [-0.25, -0.2) is 9.97 Å². The molecule has 0 aliphatic heterocycles. The maximum atomic E-state index is 6.14. The highest BCUT2D eigenvalue weighted by Gasteiger charge is 2.06. The molecule has 2 aromatic carbocycles. The van der Waals surface area contributed by atoms with Crippen LogP contribution < -0.4 is 0 Å². The fraction of sp³-hybridized carbons (Fsp3) is 0.0588. The Balaban J connectivity index is 1.94. The van der Waals surface area contributed by atoms with Crippen molar-refractivity contribution in [2.75, 3.05) is 0 Å². The lowest BCUT2D eigenvalue weighted by molar-refractivity contribution is 0.972. The summed E-state index contributed by atoms with van der Waals surface area (Å²) in [6, 6.07) is 19.9.